The molecule has 5 rings (SSSR count). The molecule has 33 heavy (non-hydrogen) atoms. The summed E-state index contributed by atoms with van der Waals surface area (Å²) >= 11 is 0. The number of rotatable bonds is 3. The molecular formula is C28H46O5. The molecule has 7 atom stereocenters. The van der Waals surface area contributed by atoms with Gasteiger partial charge in [-0.2, -0.15) is 0 Å². The van der Waals surface area contributed by atoms with E-state index in [1.807, 2.05) is 0 Å². The van der Waals surface area contributed by atoms with Crippen LogP contribution in [0.5, 0.6) is 0 Å². The first-order valence-electron chi connectivity index (χ1n) is 13.3. The summed E-state index contributed by atoms with van der Waals surface area (Å²) < 4.78 is 4.79. The fourth-order valence-electron chi connectivity index (χ4n) is 6.81. The Kier molecular flexibility index (Phi) is 7.49. The van der Waals surface area contributed by atoms with Gasteiger partial charge in [-0.05, 0) is 85.7 Å². The second-order valence-corrected chi connectivity index (χ2v) is 12.3. The SMILES string of the molecule is CC(C)C1=C2C3=CCC(C(O)C4CC4)CC(O)C3(C)CCC2(C)CC1.OC1COCC(O)C1. The Labute approximate surface area is 199 Å². The molecule has 0 amide bonds. The highest BCUT2D eigenvalue weighted by Crippen LogP contribution is 2.62. The van der Waals surface area contributed by atoms with Crippen LogP contribution in [0.1, 0.15) is 85.5 Å². The molecule has 1 heterocycles. The first-order chi connectivity index (χ1) is 15.5. The smallest absolute Gasteiger partial charge is 0.0799 e. The van der Waals surface area contributed by atoms with Gasteiger partial charge in [0.15, 0.2) is 0 Å². The number of fused-ring (bicyclic) bond motifs is 3. The van der Waals surface area contributed by atoms with Gasteiger partial charge in [-0.15, -0.1) is 0 Å². The Morgan fingerprint density at radius 3 is 2.15 bits per heavy atom. The minimum atomic E-state index is -0.459. The van der Waals surface area contributed by atoms with Crippen molar-refractivity contribution in [3.8, 4) is 0 Å². The molecule has 5 aliphatic rings. The second-order valence-electron chi connectivity index (χ2n) is 12.3. The van der Waals surface area contributed by atoms with E-state index in [1.54, 1.807) is 11.1 Å². The topological polar surface area (TPSA) is 90.2 Å². The normalized spacial score (nSPS) is 42.0. The molecule has 1 aliphatic heterocycles. The Morgan fingerprint density at radius 1 is 0.939 bits per heavy atom. The van der Waals surface area contributed by atoms with Gasteiger partial charge in [0.1, 0.15) is 0 Å². The summed E-state index contributed by atoms with van der Waals surface area (Å²) in [6.07, 6.45) is 10.2. The maximum absolute atomic E-state index is 11.2. The van der Waals surface area contributed by atoms with Crippen LogP contribution in [-0.2, 0) is 4.74 Å². The third-order valence-corrected chi connectivity index (χ3v) is 9.29. The fraction of sp³-hybridized carbons (Fsp3) is 0.857. The zero-order chi connectivity index (χ0) is 24.0. The van der Waals surface area contributed by atoms with E-state index in [9.17, 15) is 10.2 Å². The van der Waals surface area contributed by atoms with Crippen molar-refractivity contribution in [3.63, 3.8) is 0 Å². The predicted octanol–water partition coefficient (Wildman–Crippen LogP) is 4.14. The maximum Gasteiger partial charge on any atom is 0.0799 e. The van der Waals surface area contributed by atoms with Gasteiger partial charge in [0.25, 0.3) is 0 Å². The lowest BCUT2D eigenvalue weighted by Crippen LogP contribution is -2.42. The van der Waals surface area contributed by atoms with Gasteiger partial charge in [-0.25, -0.2) is 0 Å². The minimum absolute atomic E-state index is 0.128. The van der Waals surface area contributed by atoms with Crippen molar-refractivity contribution in [1.29, 1.82) is 0 Å². The summed E-state index contributed by atoms with van der Waals surface area (Å²) in [6, 6.07) is 0. The van der Waals surface area contributed by atoms with Gasteiger partial charge >= 0.3 is 0 Å². The van der Waals surface area contributed by atoms with E-state index in [1.165, 1.54) is 37.7 Å². The molecule has 0 aromatic carbocycles. The molecule has 0 bridgehead atoms. The Balaban J connectivity index is 0.000000275. The average Bonchev–Trinajstić information content (AvgIpc) is 3.55. The molecule has 0 spiro atoms. The lowest BCUT2D eigenvalue weighted by atomic mass is 9.57. The van der Waals surface area contributed by atoms with Gasteiger partial charge in [-0.1, -0.05) is 39.3 Å². The summed E-state index contributed by atoms with van der Waals surface area (Å²) in [6.45, 7) is 10.1. The molecular weight excluding hydrogens is 416 g/mol. The molecule has 0 aromatic heterocycles. The highest BCUT2D eigenvalue weighted by molar-refractivity contribution is 5.50. The van der Waals surface area contributed by atoms with E-state index < -0.39 is 12.2 Å². The van der Waals surface area contributed by atoms with Crippen LogP contribution in [0.4, 0.5) is 0 Å². The van der Waals surface area contributed by atoms with Crippen LogP contribution in [0.2, 0.25) is 0 Å². The number of allylic oxidation sites excluding steroid dienone is 3. The number of ether oxygens (including phenoxy) is 1. The van der Waals surface area contributed by atoms with Gasteiger partial charge in [0, 0.05) is 11.8 Å². The van der Waals surface area contributed by atoms with Crippen molar-refractivity contribution in [3.05, 3.63) is 22.8 Å². The van der Waals surface area contributed by atoms with E-state index in [4.69, 9.17) is 14.9 Å². The summed E-state index contributed by atoms with van der Waals surface area (Å²) in [5, 5.41) is 39.5. The van der Waals surface area contributed by atoms with E-state index in [-0.39, 0.29) is 23.5 Å². The monoisotopic (exact) mass is 462 g/mol. The van der Waals surface area contributed by atoms with Crippen molar-refractivity contribution in [1.82, 2.24) is 0 Å². The van der Waals surface area contributed by atoms with Crippen molar-refractivity contribution < 1.29 is 25.2 Å². The van der Waals surface area contributed by atoms with Gasteiger partial charge in [-0.3, -0.25) is 0 Å². The molecule has 1 saturated heterocycles. The molecule has 0 aromatic rings. The van der Waals surface area contributed by atoms with Crippen molar-refractivity contribution >= 4 is 0 Å². The van der Waals surface area contributed by atoms with Crippen LogP contribution < -0.4 is 0 Å². The molecule has 7 unspecified atom stereocenters. The summed E-state index contributed by atoms with van der Waals surface area (Å²) in [5.74, 6) is 1.31. The predicted molar refractivity (Wildman–Crippen MR) is 130 cm³/mol. The lowest BCUT2D eigenvalue weighted by Gasteiger charge is -2.48. The Bertz CT molecular complexity index is 760. The van der Waals surface area contributed by atoms with Gasteiger partial charge < -0.3 is 25.2 Å². The van der Waals surface area contributed by atoms with Crippen molar-refractivity contribution in [2.45, 2.75) is 110 Å². The minimum Gasteiger partial charge on any atom is -0.393 e. The molecule has 3 fully saturated rings. The van der Waals surface area contributed by atoms with Crippen LogP contribution in [-0.4, -0.2) is 58.1 Å². The molecule has 5 nitrogen and oxygen atoms in total. The van der Waals surface area contributed by atoms with Crippen LogP contribution in [0, 0.1) is 28.6 Å². The lowest BCUT2D eigenvalue weighted by molar-refractivity contribution is -0.0715. The van der Waals surface area contributed by atoms with E-state index in [2.05, 4.69) is 33.8 Å². The van der Waals surface area contributed by atoms with E-state index >= 15 is 0 Å². The molecule has 2 saturated carbocycles. The largest absolute Gasteiger partial charge is 0.393 e. The fourth-order valence-corrected chi connectivity index (χ4v) is 6.81. The standard InChI is InChI=1S/C23H36O2.C5H10O3/c1-14(2)17-9-10-22(3)11-12-23(4)18(20(17)22)8-7-16(13-19(23)24)21(25)15-5-6-15;6-4-1-5(7)3-8-2-4/h8,14-16,19,21,24-25H,5-7,9-13H2,1-4H3;4-7H,1-3H2. The third-order valence-electron chi connectivity index (χ3n) is 9.29. The summed E-state index contributed by atoms with van der Waals surface area (Å²) in [5.41, 5.74) is 4.85. The van der Waals surface area contributed by atoms with Crippen molar-refractivity contribution in [2.24, 2.45) is 28.6 Å². The highest BCUT2D eigenvalue weighted by Gasteiger charge is 2.52. The van der Waals surface area contributed by atoms with Crippen molar-refractivity contribution in [2.75, 3.05) is 13.2 Å². The first kappa shape index (κ1) is 25.4. The van der Waals surface area contributed by atoms with Crippen LogP contribution in [0.15, 0.2) is 22.8 Å². The maximum atomic E-state index is 11.2. The molecule has 4 N–H and O–H groups in total. The van der Waals surface area contributed by atoms with Gasteiger partial charge in [0.2, 0.25) is 0 Å². The molecule has 188 valence electrons. The summed E-state index contributed by atoms with van der Waals surface area (Å²) in [7, 11) is 0. The number of hydrogen-bond acceptors (Lipinski definition) is 5. The molecule has 0 radical (unpaired) electrons. The van der Waals surface area contributed by atoms with Crippen LogP contribution in [0.25, 0.3) is 0 Å². The Morgan fingerprint density at radius 2 is 1.61 bits per heavy atom. The average molecular weight is 463 g/mol. The highest BCUT2D eigenvalue weighted by atomic mass is 16.5. The van der Waals surface area contributed by atoms with Crippen LogP contribution in [0.3, 0.4) is 0 Å². The number of aliphatic hydroxyl groups excluding tert-OH is 4. The third kappa shape index (κ3) is 5.13. The number of hydrogen-bond donors (Lipinski definition) is 4. The van der Waals surface area contributed by atoms with Crippen LogP contribution >= 0.6 is 0 Å². The first-order valence-corrected chi connectivity index (χ1v) is 13.3. The number of aliphatic hydroxyl groups is 4. The quantitative estimate of drug-likeness (QED) is 0.506. The van der Waals surface area contributed by atoms with E-state index in [0.717, 1.165) is 19.3 Å². The molecule has 5 heteroatoms. The van der Waals surface area contributed by atoms with Gasteiger partial charge in [0.05, 0.1) is 37.6 Å². The zero-order valence-electron chi connectivity index (χ0n) is 21.1. The second kappa shape index (κ2) is 9.73. The van der Waals surface area contributed by atoms with E-state index in [0.29, 0.717) is 36.9 Å². The zero-order valence-corrected chi connectivity index (χ0v) is 21.1. The molecule has 4 aliphatic carbocycles. The Hall–Kier alpha value is -0.720. The summed E-state index contributed by atoms with van der Waals surface area (Å²) in [4.78, 5) is 0.